The van der Waals surface area contributed by atoms with Crippen molar-refractivity contribution in [3.05, 3.63) is 63.6 Å². The van der Waals surface area contributed by atoms with E-state index in [1.165, 1.54) is 0 Å². The zero-order chi connectivity index (χ0) is 14.7. The van der Waals surface area contributed by atoms with Crippen LogP contribution < -0.4 is 5.73 Å². The lowest BCUT2D eigenvalue weighted by Crippen LogP contribution is -2.27. The summed E-state index contributed by atoms with van der Waals surface area (Å²) in [4.78, 5) is 14.1. The predicted molar refractivity (Wildman–Crippen MR) is 85.5 cm³/mol. The largest absolute Gasteiger partial charge is 0.398 e. The highest BCUT2D eigenvalue weighted by Gasteiger charge is 2.15. The fraction of sp³-hybridized carbons (Fsp3) is 0.188. The monoisotopic (exact) mass is 332 g/mol. The molecule has 0 heterocycles. The van der Waals surface area contributed by atoms with Crippen molar-refractivity contribution in [1.29, 1.82) is 0 Å². The number of anilines is 1. The van der Waals surface area contributed by atoms with Gasteiger partial charge in [0.2, 0.25) is 0 Å². The van der Waals surface area contributed by atoms with Crippen LogP contribution in [0.3, 0.4) is 0 Å². The van der Waals surface area contributed by atoms with Gasteiger partial charge in [0.1, 0.15) is 0 Å². The van der Waals surface area contributed by atoms with Crippen LogP contribution in [0.25, 0.3) is 0 Å². The second-order valence-electron chi connectivity index (χ2n) is 4.84. The van der Waals surface area contributed by atoms with Crippen LogP contribution in [-0.4, -0.2) is 17.9 Å². The number of aryl methyl sites for hydroxylation is 1. The minimum absolute atomic E-state index is 0.0676. The minimum atomic E-state index is -0.0676. The van der Waals surface area contributed by atoms with Gasteiger partial charge in [0.25, 0.3) is 5.91 Å². The average Bonchev–Trinajstić information content (AvgIpc) is 2.43. The molecule has 0 fully saturated rings. The van der Waals surface area contributed by atoms with Gasteiger partial charge in [-0.1, -0.05) is 45.8 Å². The van der Waals surface area contributed by atoms with Crippen molar-refractivity contribution < 1.29 is 4.79 Å². The van der Waals surface area contributed by atoms with Crippen molar-refractivity contribution in [2.75, 3.05) is 12.8 Å². The lowest BCUT2D eigenvalue weighted by molar-refractivity contribution is 0.0786. The first-order valence-corrected chi connectivity index (χ1v) is 7.13. The molecule has 3 nitrogen and oxygen atoms in total. The van der Waals surface area contributed by atoms with Crippen molar-refractivity contribution in [3.8, 4) is 0 Å². The summed E-state index contributed by atoms with van der Waals surface area (Å²) in [6, 6.07) is 13.4. The SMILES string of the molecule is Cc1ccc(N)c(C(=O)N(C)Cc2ccccc2Br)c1. The van der Waals surface area contributed by atoms with E-state index in [0.717, 1.165) is 15.6 Å². The van der Waals surface area contributed by atoms with E-state index in [2.05, 4.69) is 15.9 Å². The summed E-state index contributed by atoms with van der Waals surface area (Å²) in [6.07, 6.45) is 0. The third kappa shape index (κ3) is 3.20. The van der Waals surface area contributed by atoms with Gasteiger partial charge in [-0.05, 0) is 30.7 Å². The molecule has 20 heavy (non-hydrogen) atoms. The molecule has 2 rings (SSSR count). The standard InChI is InChI=1S/C16H17BrN2O/c1-11-7-8-15(18)13(9-11)16(20)19(2)10-12-5-3-4-6-14(12)17/h3-9H,10,18H2,1-2H3. The van der Waals surface area contributed by atoms with Crippen LogP contribution in [0.2, 0.25) is 0 Å². The Balaban J connectivity index is 2.21. The fourth-order valence-corrected chi connectivity index (χ4v) is 2.43. The highest BCUT2D eigenvalue weighted by Crippen LogP contribution is 2.20. The molecule has 104 valence electrons. The Morgan fingerprint density at radius 1 is 1.25 bits per heavy atom. The van der Waals surface area contributed by atoms with Gasteiger partial charge in [-0.15, -0.1) is 0 Å². The second kappa shape index (κ2) is 6.09. The van der Waals surface area contributed by atoms with Gasteiger partial charge in [0, 0.05) is 23.8 Å². The molecular formula is C16H17BrN2O. The Kier molecular flexibility index (Phi) is 4.45. The number of rotatable bonds is 3. The molecule has 2 aromatic rings. The molecule has 0 saturated carbocycles. The summed E-state index contributed by atoms with van der Waals surface area (Å²) >= 11 is 3.49. The van der Waals surface area contributed by atoms with Crippen LogP contribution in [0.15, 0.2) is 46.9 Å². The number of carbonyl (C=O) groups excluding carboxylic acids is 1. The summed E-state index contributed by atoms with van der Waals surface area (Å²) in [7, 11) is 1.78. The molecule has 0 aliphatic carbocycles. The minimum Gasteiger partial charge on any atom is -0.398 e. The van der Waals surface area contributed by atoms with Gasteiger partial charge in [-0.25, -0.2) is 0 Å². The molecule has 2 aromatic carbocycles. The van der Waals surface area contributed by atoms with Gasteiger partial charge in [-0.2, -0.15) is 0 Å². The lowest BCUT2D eigenvalue weighted by atomic mass is 10.1. The van der Waals surface area contributed by atoms with Crippen molar-refractivity contribution in [1.82, 2.24) is 4.90 Å². The summed E-state index contributed by atoms with van der Waals surface area (Å²) in [5, 5.41) is 0. The smallest absolute Gasteiger partial charge is 0.255 e. The van der Waals surface area contributed by atoms with Gasteiger partial charge in [-0.3, -0.25) is 4.79 Å². The van der Waals surface area contributed by atoms with E-state index in [-0.39, 0.29) is 5.91 Å². The van der Waals surface area contributed by atoms with Crippen LogP contribution in [0.1, 0.15) is 21.5 Å². The molecule has 0 spiro atoms. The van der Waals surface area contributed by atoms with E-state index in [1.807, 2.05) is 43.3 Å². The molecule has 0 saturated heterocycles. The van der Waals surface area contributed by atoms with Crippen molar-refractivity contribution in [2.24, 2.45) is 0 Å². The van der Waals surface area contributed by atoms with Crippen LogP contribution in [0, 0.1) is 6.92 Å². The zero-order valence-corrected chi connectivity index (χ0v) is 13.1. The third-order valence-electron chi connectivity index (χ3n) is 3.15. The van der Waals surface area contributed by atoms with E-state index < -0.39 is 0 Å². The van der Waals surface area contributed by atoms with Gasteiger partial charge in [0.15, 0.2) is 0 Å². The van der Waals surface area contributed by atoms with Crippen LogP contribution in [-0.2, 0) is 6.54 Å². The number of carbonyl (C=O) groups is 1. The molecule has 0 aliphatic heterocycles. The van der Waals surface area contributed by atoms with E-state index in [9.17, 15) is 4.79 Å². The topological polar surface area (TPSA) is 46.3 Å². The fourth-order valence-electron chi connectivity index (χ4n) is 2.01. The van der Waals surface area contributed by atoms with Crippen molar-refractivity contribution >= 4 is 27.5 Å². The highest BCUT2D eigenvalue weighted by molar-refractivity contribution is 9.10. The van der Waals surface area contributed by atoms with Crippen LogP contribution in [0.5, 0.6) is 0 Å². The quantitative estimate of drug-likeness (QED) is 0.872. The van der Waals surface area contributed by atoms with E-state index >= 15 is 0 Å². The van der Waals surface area contributed by atoms with Gasteiger partial charge in [0.05, 0.1) is 5.56 Å². The van der Waals surface area contributed by atoms with Crippen LogP contribution in [0.4, 0.5) is 5.69 Å². The molecule has 0 unspecified atom stereocenters. The summed E-state index contributed by atoms with van der Waals surface area (Å²) in [6.45, 7) is 2.48. The number of nitrogens with zero attached hydrogens (tertiary/aromatic N) is 1. The van der Waals surface area contributed by atoms with Crippen molar-refractivity contribution in [3.63, 3.8) is 0 Å². The maximum atomic E-state index is 12.5. The van der Waals surface area contributed by atoms with Crippen LogP contribution >= 0.6 is 15.9 Å². The molecule has 0 radical (unpaired) electrons. The molecule has 0 atom stereocenters. The first kappa shape index (κ1) is 14.6. The summed E-state index contributed by atoms with van der Waals surface area (Å²) < 4.78 is 0.997. The zero-order valence-electron chi connectivity index (χ0n) is 11.6. The molecule has 4 heteroatoms. The predicted octanol–water partition coefficient (Wildman–Crippen LogP) is 3.61. The Bertz CT molecular complexity index is 640. The Morgan fingerprint density at radius 2 is 1.95 bits per heavy atom. The van der Waals surface area contributed by atoms with Gasteiger partial charge < -0.3 is 10.6 Å². The molecule has 0 aromatic heterocycles. The van der Waals surface area contributed by atoms with E-state index in [4.69, 9.17) is 5.73 Å². The Hall–Kier alpha value is -1.81. The third-order valence-corrected chi connectivity index (χ3v) is 3.92. The lowest BCUT2D eigenvalue weighted by Gasteiger charge is -2.19. The maximum absolute atomic E-state index is 12.5. The van der Waals surface area contributed by atoms with Gasteiger partial charge >= 0.3 is 0 Å². The number of hydrogen-bond donors (Lipinski definition) is 1. The summed E-state index contributed by atoms with van der Waals surface area (Å²) in [5.41, 5.74) is 9.05. The van der Waals surface area contributed by atoms with E-state index in [0.29, 0.717) is 17.8 Å². The number of benzene rings is 2. The average molecular weight is 333 g/mol. The first-order chi connectivity index (χ1) is 9.49. The number of nitrogens with two attached hydrogens (primary N) is 1. The normalized spacial score (nSPS) is 10.3. The second-order valence-corrected chi connectivity index (χ2v) is 5.70. The number of halogens is 1. The molecule has 0 bridgehead atoms. The molecule has 1 amide bonds. The molecule has 0 aliphatic rings. The van der Waals surface area contributed by atoms with E-state index in [1.54, 1.807) is 18.0 Å². The maximum Gasteiger partial charge on any atom is 0.255 e. The molecule has 2 N–H and O–H groups in total. The summed E-state index contributed by atoms with van der Waals surface area (Å²) in [5.74, 6) is -0.0676. The highest BCUT2D eigenvalue weighted by atomic mass is 79.9. The van der Waals surface area contributed by atoms with Crippen molar-refractivity contribution in [2.45, 2.75) is 13.5 Å². The number of amides is 1. The number of nitrogen functional groups attached to an aromatic ring is 1. The Labute approximate surface area is 127 Å². The Morgan fingerprint density at radius 3 is 2.65 bits per heavy atom. The number of hydrogen-bond acceptors (Lipinski definition) is 2. The first-order valence-electron chi connectivity index (χ1n) is 6.34. The molecular weight excluding hydrogens is 316 g/mol.